The Bertz CT molecular complexity index is 677. The van der Waals surface area contributed by atoms with Gasteiger partial charge in [0.1, 0.15) is 18.2 Å². The van der Waals surface area contributed by atoms with Crippen LogP contribution in [0.1, 0.15) is 5.69 Å². The number of amides is 1. The summed E-state index contributed by atoms with van der Waals surface area (Å²) >= 11 is 5.98. The number of carbonyl (C=O) groups is 1. The molecule has 1 aromatic carbocycles. The summed E-state index contributed by atoms with van der Waals surface area (Å²) in [5.74, 6) is 0.576. The van der Waals surface area contributed by atoms with Gasteiger partial charge in [-0.1, -0.05) is 23.7 Å². The zero-order valence-electron chi connectivity index (χ0n) is 12.1. The van der Waals surface area contributed by atoms with E-state index in [9.17, 15) is 4.79 Å². The quantitative estimate of drug-likeness (QED) is 0.311. The third kappa shape index (κ3) is 5.57. The molecule has 0 unspecified atom stereocenters. The third-order valence-electron chi connectivity index (χ3n) is 2.69. The Hall–Kier alpha value is -2.64. The van der Waals surface area contributed by atoms with Crippen LogP contribution in [0.5, 0.6) is 5.75 Å². The van der Waals surface area contributed by atoms with E-state index in [1.165, 1.54) is 23.9 Å². The molecule has 1 amide bonds. The number of hydrogen-bond acceptors (Lipinski definition) is 6. The molecule has 0 spiro atoms. The minimum Gasteiger partial charge on any atom is -0.490 e. The number of para-hydroxylation sites is 1. The van der Waals surface area contributed by atoms with Gasteiger partial charge in [0.15, 0.2) is 0 Å². The molecule has 0 saturated carbocycles. The number of carbonyl (C=O) groups excluding carboxylic acids is 1. The third-order valence-corrected chi connectivity index (χ3v) is 3.00. The number of nitrogens with zero attached hydrogens (tertiary/aromatic N) is 2. The van der Waals surface area contributed by atoms with E-state index in [2.05, 4.69) is 15.3 Å². The molecule has 0 fully saturated rings. The van der Waals surface area contributed by atoms with Crippen LogP contribution in [-0.2, 0) is 4.79 Å². The molecule has 120 valence electrons. The molecule has 0 atom stereocenters. The van der Waals surface area contributed by atoms with Crippen LogP contribution < -0.4 is 15.5 Å². The lowest BCUT2D eigenvalue weighted by Gasteiger charge is -2.09. The maximum atomic E-state index is 10.8. The van der Waals surface area contributed by atoms with Crippen LogP contribution in [0.3, 0.4) is 0 Å². The standard InChI is InChI=1S/C15H15ClN4O3/c16-12-3-1-2-4-13(12)23-8-7-17-14-10-18-11(9-19-14)5-6-15(21)20-22/h1-6,9-10,22H,7-8H2,(H,17,19)(H,20,21). The van der Waals surface area contributed by atoms with E-state index in [4.69, 9.17) is 21.5 Å². The van der Waals surface area contributed by atoms with Gasteiger partial charge >= 0.3 is 0 Å². The Balaban J connectivity index is 1.77. The van der Waals surface area contributed by atoms with Gasteiger partial charge in [-0.2, -0.15) is 0 Å². The Morgan fingerprint density at radius 1 is 1.30 bits per heavy atom. The van der Waals surface area contributed by atoms with Crippen LogP contribution in [0.2, 0.25) is 5.02 Å². The van der Waals surface area contributed by atoms with Crippen molar-refractivity contribution in [2.45, 2.75) is 0 Å². The first-order valence-electron chi connectivity index (χ1n) is 6.74. The fourth-order valence-electron chi connectivity index (χ4n) is 1.62. The highest BCUT2D eigenvalue weighted by Gasteiger charge is 2.00. The van der Waals surface area contributed by atoms with Crippen LogP contribution in [-0.4, -0.2) is 34.2 Å². The van der Waals surface area contributed by atoms with Crippen LogP contribution in [0.4, 0.5) is 5.82 Å². The Morgan fingerprint density at radius 2 is 2.13 bits per heavy atom. The summed E-state index contributed by atoms with van der Waals surface area (Å²) < 4.78 is 5.54. The molecular formula is C15H15ClN4O3. The fraction of sp³-hybridized carbons (Fsp3) is 0.133. The number of rotatable bonds is 7. The predicted octanol–water partition coefficient (Wildman–Crippen LogP) is 2.14. The molecule has 1 aromatic heterocycles. The molecule has 0 aliphatic heterocycles. The molecule has 2 aromatic rings. The number of nitrogens with one attached hydrogen (secondary N) is 2. The zero-order chi connectivity index (χ0) is 16.5. The van der Waals surface area contributed by atoms with Gasteiger partial charge in [-0.3, -0.25) is 15.0 Å². The van der Waals surface area contributed by atoms with E-state index < -0.39 is 5.91 Å². The fourth-order valence-corrected chi connectivity index (χ4v) is 1.81. The van der Waals surface area contributed by atoms with E-state index in [-0.39, 0.29) is 0 Å². The first-order chi connectivity index (χ1) is 11.2. The lowest BCUT2D eigenvalue weighted by Crippen LogP contribution is -2.15. The summed E-state index contributed by atoms with van der Waals surface area (Å²) in [6, 6.07) is 7.25. The summed E-state index contributed by atoms with van der Waals surface area (Å²) in [4.78, 5) is 19.1. The molecule has 2 rings (SSSR count). The molecule has 0 saturated heterocycles. The summed E-state index contributed by atoms with van der Waals surface area (Å²) in [6.07, 6.45) is 5.61. The molecule has 0 bridgehead atoms. The SMILES string of the molecule is O=C(C=Cc1cnc(NCCOc2ccccc2Cl)cn1)NO. The van der Waals surface area contributed by atoms with Crippen molar-refractivity contribution in [3.63, 3.8) is 0 Å². The van der Waals surface area contributed by atoms with Crippen LogP contribution in [0.25, 0.3) is 6.08 Å². The maximum absolute atomic E-state index is 10.8. The average molecular weight is 335 g/mol. The zero-order valence-corrected chi connectivity index (χ0v) is 12.8. The Morgan fingerprint density at radius 3 is 2.83 bits per heavy atom. The van der Waals surface area contributed by atoms with Gasteiger partial charge in [-0.15, -0.1) is 0 Å². The lowest BCUT2D eigenvalue weighted by atomic mass is 10.3. The van der Waals surface area contributed by atoms with E-state index >= 15 is 0 Å². The molecule has 7 nitrogen and oxygen atoms in total. The number of anilines is 1. The average Bonchev–Trinajstić information content (AvgIpc) is 2.59. The minimum atomic E-state index is -0.634. The summed E-state index contributed by atoms with van der Waals surface area (Å²) in [5.41, 5.74) is 1.98. The summed E-state index contributed by atoms with van der Waals surface area (Å²) in [6.45, 7) is 0.950. The normalized spacial score (nSPS) is 10.5. The van der Waals surface area contributed by atoms with Crippen LogP contribution in [0, 0.1) is 0 Å². The van der Waals surface area contributed by atoms with Crippen molar-refractivity contribution in [3.8, 4) is 5.75 Å². The van der Waals surface area contributed by atoms with Gasteiger partial charge in [0.05, 0.1) is 29.7 Å². The highest BCUT2D eigenvalue weighted by Crippen LogP contribution is 2.22. The van der Waals surface area contributed by atoms with Gasteiger partial charge < -0.3 is 10.1 Å². The minimum absolute atomic E-state index is 0.420. The number of hydrogen-bond donors (Lipinski definition) is 3. The highest BCUT2D eigenvalue weighted by atomic mass is 35.5. The largest absolute Gasteiger partial charge is 0.490 e. The summed E-state index contributed by atoms with van der Waals surface area (Å²) in [5, 5.41) is 12.0. The number of ether oxygens (including phenoxy) is 1. The van der Waals surface area contributed by atoms with Gasteiger partial charge in [0, 0.05) is 6.08 Å². The molecule has 0 radical (unpaired) electrons. The molecule has 23 heavy (non-hydrogen) atoms. The number of halogens is 1. The van der Waals surface area contributed by atoms with Crippen molar-refractivity contribution in [1.82, 2.24) is 15.4 Å². The number of hydroxylamine groups is 1. The van der Waals surface area contributed by atoms with Gasteiger partial charge in [0.2, 0.25) is 0 Å². The Labute approximate surface area is 137 Å². The van der Waals surface area contributed by atoms with Gasteiger partial charge in [-0.25, -0.2) is 10.5 Å². The first-order valence-corrected chi connectivity index (χ1v) is 7.12. The van der Waals surface area contributed by atoms with Crippen molar-refractivity contribution in [2.75, 3.05) is 18.5 Å². The topological polar surface area (TPSA) is 96.4 Å². The van der Waals surface area contributed by atoms with Crippen molar-refractivity contribution in [2.24, 2.45) is 0 Å². The van der Waals surface area contributed by atoms with E-state index in [1.807, 2.05) is 12.1 Å². The first kappa shape index (κ1) is 16.7. The van der Waals surface area contributed by atoms with Crippen molar-refractivity contribution in [1.29, 1.82) is 0 Å². The van der Waals surface area contributed by atoms with E-state index in [0.29, 0.717) is 35.4 Å². The highest BCUT2D eigenvalue weighted by molar-refractivity contribution is 6.32. The van der Waals surface area contributed by atoms with Crippen molar-refractivity contribution < 1.29 is 14.7 Å². The van der Waals surface area contributed by atoms with E-state index in [1.54, 1.807) is 12.1 Å². The van der Waals surface area contributed by atoms with Crippen LogP contribution >= 0.6 is 11.6 Å². The van der Waals surface area contributed by atoms with Gasteiger partial charge in [-0.05, 0) is 18.2 Å². The monoisotopic (exact) mass is 334 g/mol. The number of benzene rings is 1. The summed E-state index contributed by atoms with van der Waals surface area (Å²) in [7, 11) is 0. The predicted molar refractivity (Wildman–Crippen MR) is 86.4 cm³/mol. The molecule has 3 N–H and O–H groups in total. The van der Waals surface area contributed by atoms with E-state index in [0.717, 1.165) is 6.08 Å². The lowest BCUT2D eigenvalue weighted by molar-refractivity contribution is -0.124. The second-order valence-electron chi connectivity index (χ2n) is 4.34. The Kier molecular flexibility index (Phi) is 6.34. The van der Waals surface area contributed by atoms with Crippen molar-refractivity contribution >= 4 is 29.4 Å². The molecule has 0 aliphatic rings. The van der Waals surface area contributed by atoms with Crippen LogP contribution in [0.15, 0.2) is 42.7 Å². The molecule has 1 heterocycles. The smallest absolute Gasteiger partial charge is 0.267 e. The molecule has 0 aliphatic carbocycles. The van der Waals surface area contributed by atoms with Gasteiger partial charge in [0.25, 0.3) is 5.91 Å². The second kappa shape index (κ2) is 8.72. The van der Waals surface area contributed by atoms with Crippen molar-refractivity contribution in [3.05, 3.63) is 53.5 Å². The number of aromatic nitrogens is 2. The molecular weight excluding hydrogens is 320 g/mol. The second-order valence-corrected chi connectivity index (χ2v) is 4.75. The maximum Gasteiger partial charge on any atom is 0.267 e. The molecule has 8 heteroatoms.